The number of hydrogen-bond donors (Lipinski definition) is 3. The lowest BCUT2D eigenvalue weighted by Crippen LogP contribution is -2.29. The monoisotopic (exact) mass is 387 g/mol. The van der Waals surface area contributed by atoms with Gasteiger partial charge in [-0.3, -0.25) is 4.79 Å². The molecule has 5 nitrogen and oxygen atoms in total. The number of aromatic carboxylic acids is 1. The number of nitrogens with one attached hydrogen (secondary N) is 1. The molecule has 1 saturated carbocycles. The van der Waals surface area contributed by atoms with Crippen molar-refractivity contribution in [3.05, 3.63) is 57.3 Å². The molecule has 26 heavy (non-hydrogen) atoms. The molecule has 1 aliphatic rings. The van der Waals surface area contributed by atoms with Crippen LogP contribution in [0, 0.1) is 0 Å². The van der Waals surface area contributed by atoms with Crippen molar-refractivity contribution in [3.8, 4) is 0 Å². The molecular weight excluding hydrogens is 370 g/mol. The highest BCUT2D eigenvalue weighted by molar-refractivity contribution is 7.28. The lowest BCUT2D eigenvalue weighted by Gasteiger charge is -2.12. The average Bonchev–Trinajstić information content (AvgIpc) is 3.28. The van der Waals surface area contributed by atoms with Gasteiger partial charge in [0, 0.05) is 16.8 Å². The summed E-state index contributed by atoms with van der Waals surface area (Å²) in [6, 6.07) is 9.35. The fourth-order valence-electron chi connectivity index (χ4n) is 3.00. The maximum Gasteiger partial charge on any atom is 0.346 e. The number of fused-ring (bicyclic) bond motifs is 1. The lowest BCUT2D eigenvalue weighted by molar-refractivity contribution is -0.129. The largest absolute Gasteiger partial charge is 0.477 e. The van der Waals surface area contributed by atoms with E-state index in [4.69, 9.17) is 0 Å². The van der Waals surface area contributed by atoms with E-state index in [0.29, 0.717) is 17.0 Å². The Morgan fingerprint density at radius 1 is 1.19 bits per heavy atom. The lowest BCUT2D eigenvalue weighted by atomic mass is 10.0. The van der Waals surface area contributed by atoms with Crippen LogP contribution in [0.1, 0.15) is 51.2 Å². The molecule has 1 atom stereocenters. The van der Waals surface area contributed by atoms with Gasteiger partial charge in [0.2, 0.25) is 0 Å². The second kappa shape index (κ2) is 6.83. The number of aliphatic hydroxyl groups is 1. The summed E-state index contributed by atoms with van der Waals surface area (Å²) in [7, 11) is 0. The van der Waals surface area contributed by atoms with Crippen LogP contribution >= 0.6 is 22.7 Å². The summed E-state index contributed by atoms with van der Waals surface area (Å²) in [5, 5.41) is 24.2. The third-order valence-corrected chi connectivity index (χ3v) is 6.86. The Hall–Kier alpha value is -2.22. The van der Waals surface area contributed by atoms with E-state index in [-0.39, 0.29) is 11.4 Å². The van der Waals surface area contributed by atoms with Crippen molar-refractivity contribution in [3.63, 3.8) is 0 Å². The van der Waals surface area contributed by atoms with Gasteiger partial charge in [-0.15, -0.1) is 22.7 Å². The first-order valence-electron chi connectivity index (χ1n) is 8.32. The third-order valence-electron chi connectivity index (χ3n) is 4.57. The molecule has 3 N–H and O–H groups in total. The number of carboxylic acid groups (broad SMARTS) is 1. The molecule has 134 valence electrons. The average molecular weight is 387 g/mol. The van der Waals surface area contributed by atoms with Crippen molar-refractivity contribution in [2.75, 3.05) is 0 Å². The highest BCUT2D eigenvalue weighted by Crippen LogP contribution is 2.40. The third kappa shape index (κ3) is 3.25. The minimum Gasteiger partial charge on any atom is -0.477 e. The number of carbonyl (C=O) groups excluding carboxylic acids is 1. The van der Waals surface area contributed by atoms with Crippen LogP contribution in [-0.4, -0.2) is 22.1 Å². The smallest absolute Gasteiger partial charge is 0.346 e. The van der Waals surface area contributed by atoms with Crippen LogP contribution in [0.3, 0.4) is 0 Å². The summed E-state index contributed by atoms with van der Waals surface area (Å²) >= 11 is 2.65. The van der Waals surface area contributed by atoms with E-state index >= 15 is 0 Å². The van der Waals surface area contributed by atoms with E-state index in [1.807, 2.05) is 23.6 Å². The van der Waals surface area contributed by atoms with Crippen LogP contribution in [0.2, 0.25) is 0 Å². The molecule has 3 aromatic rings. The minimum atomic E-state index is -1.27. The molecule has 0 spiro atoms. The molecule has 0 aliphatic heterocycles. The van der Waals surface area contributed by atoms with E-state index < -0.39 is 18.0 Å². The Bertz CT molecular complexity index is 969. The zero-order chi connectivity index (χ0) is 18.3. The molecule has 4 rings (SSSR count). The first-order chi connectivity index (χ1) is 12.5. The normalized spacial score (nSPS) is 15.1. The van der Waals surface area contributed by atoms with Gasteiger partial charge in [-0.05, 0) is 41.3 Å². The number of rotatable bonds is 6. The van der Waals surface area contributed by atoms with Crippen LogP contribution in [-0.2, 0) is 11.3 Å². The number of carboxylic acids is 1. The van der Waals surface area contributed by atoms with E-state index in [0.717, 1.165) is 9.40 Å². The molecule has 0 bridgehead atoms. The maximum atomic E-state index is 12.3. The van der Waals surface area contributed by atoms with Crippen LogP contribution in [0.15, 0.2) is 35.7 Å². The molecular formula is C19H17NO4S2. The van der Waals surface area contributed by atoms with Crippen LogP contribution in [0.4, 0.5) is 0 Å². The van der Waals surface area contributed by atoms with Crippen molar-refractivity contribution < 1.29 is 19.8 Å². The molecule has 1 aromatic carbocycles. The first-order valence-corrected chi connectivity index (χ1v) is 10.0. The zero-order valence-electron chi connectivity index (χ0n) is 13.8. The van der Waals surface area contributed by atoms with Crippen molar-refractivity contribution in [2.24, 2.45) is 0 Å². The summed E-state index contributed by atoms with van der Waals surface area (Å²) in [5.41, 5.74) is 2.37. The van der Waals surface area contributed by atoms with E-state index in [1.54, 1.807) is 12.1 Å². The van der Waals surface area contributed by atoms with Gasteiger partial charge in [0.15, 0.2) is 6.10 Å². The van der Waals surface area contributed by atoms with Crippen LogP contribution in [0.25, 0.3) is 9.40 Å². The highest BCUT2D eigenvalue weighted by Gasteiger charge is 2.25. The van der Waals surface area contributed by atoms with Gasteiger partial charge in [0.25, 0.3) is 5.91 Å². The quantitative estimate of drug-likeness (QED) is 0.599. The fourth-order valence-corrected chi connectivity index (χ4v) is 5.21. The molecule has 1 amide bonds. The summed E-state index contributed by atoms with van der Waals surface area (Å²) < 4.78 is 1.77. The Labute approximate surface area is 157 Å². The Kier molecular flexibility index (Phi) is 4.52. The second-order valence-corrected chi connectivity index (χ2v) is 8.36. The van der Waals surface area contributed by atoms with Gasteiger partial charge >= 0.3 is 5.97 Å². The van der Waals surface area contributed by atoms with E-state index in [2.05, 4.69) is 5.32 Å². The number of benzene rings is 1. The van der Waals surface area contributed by atoms with Crippen molar-refractivity contribution in [1.82, 2.24) is 5.32 Å². The summed E-state index contributed by atoms with van der Waals surface area (Å²) in [5.74, 6) is -0.911. The van der Waals surface area contributed by atoms with Gasteiger partial charge in [-0.1, -0.05) is 24.3 Å². The standard InChI is InChI=1S/C19H17NO4S2/c21-15(12-5-3-11(4-6-12)10-1-2-10)18(22)20-9-13-16-14(7-8-25-16)26-17(13)19(23)24/h3-8,10,15,21H,1-2,9H2,(H,20,22)(H,23,24). The topological polar surface area (TPSA) is 86.6 Å². The molecule has 2 aromatic heterocycles. The highest BCUT2D eigenvalue weighted by atomic mass is 32.1. The summed E-state index contributed by atoms with van der Waals surface area (Å²) in [4.78, 5) is 24.0. The molecule has 7 heteroatoms. The SMILES string of the molecule is O=C(O)c1sc2ccsc2c1CNC(=O)C(O)c1ccc(C2CC2)cc1. The second-order valence-electron chi connectivity index (χ2n) is 6.39. The Balaban J connectivity index is 1.47. The van der Waals surface area contributed by atoms with Crippen molar-refractivity contribution in [1.29, 1.82) is 0 Å². The van der Waals surface area contributed by atoms with Gasteiger partial charge in [-0.2, -0.15) is 0 Å². The maximum absolute atomic E-state index is 12.3. The molecule has 0 saturated heterocycles. The van der Waals surface area contributed by atoms with Gasteiger partial charge in [-0.25, -0.2) is 4.79 Å². The van der Waals surface area contributed by atoms with Gasteiger partial charge in [0.05, 0.1) is 4.70 Å². The zero-order valence-corrected chi connectivity index (χ0v) is 15.4. The predicted molar refractivity (Wildman–Crippen MR) is 102 cm³/mol. The van der Waals surface area contributed by atoms with Crippen molar-refractivity contribution in [2.45, 2.75) is 31.4 Å². The van der Waals surface area contributed by atoms with Crippen LogP contribution < -0.4 is 5.32 Å². The number of hydrogen-bond acceptors (Lipinski definition) is 5. The first kappa shape index (κ1) is 17.2. The summed E-state index contributed by atoms with van der Waals surface area (Å²) in [6.45, 7) is 0.0815. The molecule has 2 heterocycles. The number of thiophene rings is 2. The van der Waals surface area contributed by atoms with E-state index in [9.17, 15) is 19.8 Å². The molecule has 1 aliphatic carbocycles. The van der Waals surface area contributed by atoms with Gasteiger partial charge < -0.3 is 15.5 Å². The molecule has 1 fully saturated rings. The van der Waals surface area contributed by atoms with Gasteiger partial charge in [0.1, 0.15) is 4.88 Å². The number of aliphatic hydroxyl groups excluding tert-OH is 1. The minimum absolute atomic E-state index is 0.0815. The Morgan fingerprint density at radius 3 is 2.58 bits per heavy atom. The predicted octanol–water partition coefficient (Wildman–Crippen LogP) is 3.89. The van der Waals surface area contributed by atoms with E-state index in [1.165, 1.54) is 41.1 Å². The fraction of sp³-hybridized carbons (Fsp3) is 0.263. The van der Waals surface area contributed by atoms with Crippen molar-refractivity contribution >= 4 is 43.9 Å². The number of carbonyl (C=O) groups is 2. The van der Waals surface area contributed by atoms with Crippen LogP contribution in [0.5, 0.6) is 0 Å². The summed E-state index contributed by atoms with van der Waals surface area (Å²) in [6.07, 6.45) is 1.13. The molecule has 0 radical (unpaired) electrons. The number of amides is 1. The Morgan fingerprint density at radius 2 is 1.92 bits per heavy atom. The molecule has 1 unspecified atom stereocenters.